The third-order valence-electron chi connectivity index (χ3n) is 5.37. The minimum absolute atomic E-state index is 0.119. The van der Waals surface area contributed by atoms with Crippen molar-refractivity contribution in [3.8, 4) is 0 Å². The second-order valence-corrected chi connectivity index (χ2v) is 7.50. The van der Waals surface area contributed by atoms with E-state index < -0.39 is 0 Å². The molecule has 2 N–H and O–H groups in total. The first-order valence-electron chi connectivity index (χ1n) is 10.6. The Kier molecular flexibility index (Phi) is 7.39. The van der Waals surface area contributed by atoms with Gasteiger partial charge in [0.1, 0.15) is 0 Å². The lowest BCUT2D eigenvalue weighted by atomic mass is 10.1. The van der Waals surface area contributed by atoms with Gasteiger partial charge in [-0.3, -0.25) is 9.59 Å². The van der Waals surface area contributed by atoms with Crippen LogP contribution in [-0.2, 0) is 0 Å². The van der Waals surface area contributed by atoms with Crippen molar-refractivity contribution in [2.45, 2.75) is 32.9 Å². The van der Waals surface area contributed by atoms with Gasteiger partial charge in [-0.25, -0.2) is 0 Å². The van der Waals surface area contributed by atoms with Crippen LogP contribution in [0.2, 0.25) is 0 Å². The van der Waals surface area contributed by atoms with E-state index >= 15 is 0 Å². The van der Waals surface area contributed by atoms with Crippen molar-refractivity contribution in [1.82, 2.24) is 19.4 Å². The van der Waals surface area contributed by atoms with Gasteiger partial charge in [-0.15, -0.1) is 0 Å². The van der Waals surface area contributed by atoms with Crippen LogP contribution in [-0.4, -0.2) is 46.0 Å². The molecule has 0 saturated heterocycles. The molecule has 0 aliphatic carbocycles. The van der Waals surface area contributed by atoms with E-state index in [0.29, 0.717) is 0 Å². The van der Waals surface area contributed by atoms with Crippen LogP contribution in [0.1, 0.15) is 41.5 Å². The van der Waals surface area contributed by atoms with Gasteiger partial charge in [0, 0.05) is 41.4 Å². The molecule has 0 aliphatic heterocycles. The molecule has 4 aromatic heterocycles. The fraction of sp³-hybridized carbons (Fsp3) is 0.280. The van der Waals surface area contributed by atoms with Crippen molar-refractivity contribution in [3.05, 3.63) is 84.4 Å². The van der Waals surface area contributed by atoms with Crippen molar-refractivity contribution in [2.75, 3.05) is 13.6 Å². The maximum atomic E-state index is 12.2. The quantitative estimate of drug-likeness (QED) is 0.448. The fourth-order valence-corrected chi connectivity index (χ4v) is 3.47. The smallest absolute Gasteiger partial charge is 0.181 e. The monoisotopic (exact) mass is 418 g/mol. The van der Waals surface area contributed by atoms with Crippen LogP contribution in [0.4, 0.5) is 0 Å². The number of nitrogens with one attached hydrogen (secondary N) is 2. The molecule has 0 bridgehead atoms. The topological polar surface area (TPSA) is 67.0 Å². The number of hydrogen-bond donors (Lipinski definition) is 2. The van der Waals surface area contributed by atoms with Crippen LogP contribution in [0.15, 0.2) is 73.3 Å². The first kappa shape index (κ1) is 22.5. The number of rotatable bonds is 7. The Hall–Kier alpha value is -3.22. The molecule has 4 heterocycles. The van der Waals surface area contributed by atoms with Crippen LogP contribution >= 0.6 is 0 Å². The number of carbonyl (C=O) groups excluding carboxylic acids is 2. The van der Waals surface area contributed by atoms with Crippen LogP contribution in [0.5, 0.6) is 0 Å². The molecule has 162 valence electrons. The Labute approximate surface area is 182 Å². The molecule has 0 saturated carbocycles. The average molecular weight is 419 g/mol. The number of nitrogens with zero attached hydrogens (tertiary/aromatic N) is 2. The van der Waals surface area contributed by atoms with E-state index in [1.807, 2.05) is 103 Å². The van der Waals surface area contributed by atoms with E-state index in [4.69, 9.17) is 0 Å². The highest BCUT2D eigenvalue weighted by Crippen LogP contribution is 2.14. The zero-order valence-corrected chi connectivity index (χ0v) is 18.5. The Morgan fingerprint density at radius 2 is 1.55 bits per heavy atom. The summed E-state index contributed by atoms with van der Waals surface area (Å²) in [5, 5.41) is 6.09. The average Bonchev–Trinajstić information content (AvgIpc) is 3.46. The first-order valence-corrected chi connectivity index (χ1v) is 10.6. The summed E-state index contributed by atoms with van der Waals surface area (Å²) in [6, 6.07) is 15.2. The van der Waals surface area contributed by atoms with E-state index in [1.165, 1.54) is 0 Å². The van der Waals surface area contributed by atoms with Crippen molar-refractivity contribution in [2.24, 2.45) is 0 Å². The minimum atomic E-state index is -0.141. The molecular formula is C25H30N4O2. The summed E-state index contributed by atoms with van der Waals surface area (Å²) in [7, 11) is 1.79. The molecule has 2 unspecified atom stereocenters. The maximum absolute atomic E-state index is 12.2. The number of likely N-dealkylation sites (N-methyl/N-ethyl adjacent to an activating group) is 2. The molecule has 0 amide bonds. The molecule has 0 aromatic carbocycles. The number of Topliss-reactive ketones (excluding diaryl/α,β-unsaturated/α-hetero) is 2. The molecule has 0 spiro atoms. The molecule has 6 nitrogen and oxygen atoms in total. The van der Waals surface area contributed by atoms with E-state index in [-0.39, 0.29) is 23.7 Å². The normalized spacial score (nSPS) is 12.9. The lowest BCUT2D eigenvalue weighted by Gasteiger charge is -2.12. The first-order chi connectivity index (χ1) is 15.0. The van der Waals surface area contributed by atoms with Gasteiger partial charge in [0.05, 0.1) is 17.6 Å². The van der Waals surface area contributed by atoms with Gasteiger partial charge in [-0.2, -0.15) is 0 Å². The third kappa shape index (κ3) is 5.10. The summed E-state index contributed by atoms with van der Waals surface area (Å²) in [6.07, 6.45) is 7.70. The molecule has 31 heavy (non-hydrogen) atoms. The summed E-state index contributed by atoms with van der Waals surface area (Å²) in [5.41, 5.74) is 3.59. The zero-order chi connectivity index (χ0) is 22.4. The molecule has 2 atom stereocenters. The molecule has 0 fully saturated rings. The van der Waals surface area contributed by atoms with Gasteiger partial charge < -0.3 is 19.4 Å². The Balaban J connectivity index is 0.000000176. The number of ketones is 2. The van der Waals surface area contributed by atoms with Gasteiger partial charge in [-0.05, 0) is 76.0 Å². The number of hydrogen-bond acceptors (Lipinski definition) is 4. The number of pyridine rings is 2. The second-order valence-electron chi connectivity index (χ2n) is 7.50. The summed E-state index contributed by atoms with van der Waals surface area (Å²) in [5.74, 6) is 0.263. The Morgan fingerprint density at radius 1 is 0.871 bits per heavy atom. The number of carbonyl (C=O) groups is 2. The highest BCUT2D eigenvalue weighted by Gasteiger charge is 2.16. The number of fused-ring (bicyclic) bond motifs is 2. The summed E-state index contributed by atoms with van der Waals surface area (Å²) < 4.78 is 3.92. The van der Waals surface area contributed by atoms with Gasteiger partial charge in [0.25, 0.3) is 0 Å². The summed E-state index contributed by atoms with van der Waals surface area (Å²) in [4.78, 5) is 24.0. The van der Waals surface area contributed by atoms with Gasteiger partial charge in [-0.1, -0.05) is 6.92 Å². The van der Waals surface area contributed by atoms with Crippen LogP contribution in [0.25, 0.3) is 11.0 Å². The summed E-state index contributed by atoms with van der Waals surface area (Å²) >= 11 is 0. The fourth-order valence-electron chi connectivity index (χ4n) is 3.47. The molecule has 4 rings (SSSR count). The van der Waals surface area contributed by atoms with Crippen LogP contribution < -0.4 is 10.6 Å². The van der Waals surface area contributed by atoms with E-state index in [2.05, 4.69) is 10.6 Å². The standard InChI is InChI=1S/C13H16N2O.C12H14N2O/c1-3-14-10(2)13(16)11-6-4-8-15-9-5-7-12(11)15;1-9(13-2)12(15)10-5-6-11-4-3-7-14(11)8-10/h4-10,14H,3H2,1-2H3;3-9,13H,1-2H3. The van der Waals surface area contributed by atoms with Crippen LogP contribution in [0.3, 0.4) is 0 Å². The van der Waals surface area contributed by atoms with Crippen molar-refractivity contribution in [1.29, 1.82) is 0 Å². The Morgan fingerprint density at radius 3 is 2.26 bits per heavy atom. The van der Waals surface area contributed by atoms with Crippen molar-refractivity contribution in [3.63, 3.8) is 0 Å². The summed E-state index contributed by atoms with van der Waals surface area (Å²) in [6.45, 7) is 6.57. The second kappa shape index (κ2) is 10.2. The molecule has 0 aliphatic rings. The van der Waals surface area contributed by atoms with E-state index in [0.717, 1.165) is 28.7 Å². The molecule has 4 aromatic rings. The van der Waals surface area contributed by atoms with E-state index in [9.17, 15) is 9.59 Å². The van der Waals surface area contributed by atoms with Crippen LogP contribution in [0, 0.1) is 0 Å². The third-order valence-corrected chi connectivity index (χ3v) is 5.37. The zero-order valence-electron chi connectivity index (χ0n) is 18.5. The Bertz CT molecular complexity index is 1170. The molecule has 0 radical (unpaired) electrons. The van der Waals surface area contributed by atoms with Gasteiger partial charge in [0.2, 0.25) is 0 Å². The highest BCUT2D eigenvalue weighted by molar-refractivity contribution is 6.05. The largest absolute Gasteiger partial charge is 0.323 e. The lowest BCUT2D eigenvalue weighted by Crippen LogP contribution is -2.33. The predicted molar refractivity (Wildman–Crippen MR) is 125 cm³/mol. The number of aromatic nitrogens is 2. The predicted octanol–water partition coefficient (Wildman–Crippen LogP) is 3.85. The van der Waals surface area contributed by atoms with Crippen molar-refractivity contribution < 1.29 is 9.59 Å². The van der Waals surface area contributed by atoms with Crippen molar-refractivity contribution >= 4 is 22.6 Å². The SMILES string of the molecule is CCNC(C)C(=O)c1cccn2cccc12.CNC(C)C(=O)c1ccc2cccn2c1. The minimum Gasteiger partial charge on any atom is -0.323 e. The lowest BCUT2D eigenvalue weighted by molar-refractivity contribution is 0.0946. The molecule has 6 heteroatoms. The van der Waals surface area contributed by atoms with Gasteiger partial charge >= 0.3 is 0 Å². The van der Waals surface area contributed by atoms with Gasteiger partial charge in [0.15, 0.2) is 11.6 Å². The maximum Gasteiger partial charge on any atom is 0.181 e. The molecular weight excluding hydrogens is 388 g/mol. The highest BCUT2D eigenvalue weighted by atomic mass is 16.1. The van der Waals surface area contributed by atoms with E-state index in [1.54, 1.807) is 7.05 Å².